The number of rotatable bonds is 8. The molecular weight excluding hydrogens is 537 g/mol. The van der Waals surface area contributed by atoms with Crippen LogP contribution >= 0.6 is 46.7 Å². The summed E-state index contributed by atoms with van der Waals surface area (Å²) >= 11 is 10.0. The van der Waals surface area contributed by atoms with Crippen molar-refractivity contribution in [2.45, 2.75) is 10.1 Å². The van der Waals surface area contributed by atoms with Gasteiger partial charge in [-0.05, 0) is 59.6 Å². The third kappa shape index (κ3) is 6.84. The van der Waals surface area contributed by atoms with Crippen LogP contribution < -0.4 is 16.0 Å². The van der Waals surface area contributed by atoms with Gasteiger partial charge in [-0.2, -0.15) is 0 Å². The van der Waals surface area contributed by atoms with Crippen LogP contribution in [-0.2, 0) is 4.79 Å². The zero-order valence-electron chi connectivity index (χ0n) is 19.5. The molecular formula is C28H22N4OS4. The average molecular weight is 559 g/mol. The van der Waals surface area contributed by atoms with Crippen molar-refractivity contribution in [1.82, 2.24) is 4.98 Å². The number of thiophene rings is 1. The summed E-state index contributed by atoms with van der Waals surface area (Å²) in [6.45, 7) is 0. The number of nitrogens with one attached hydrogen (secondary N) is 3. The Labute approximate surface area is 233 Å². The molecule has 184 valence electrons. The van der Waals surface area contributed by atoms with Crippen LogP contribution in [0.4, 0.5) is 16.5 Å². The van der Waals surface area contributed by atoms with Crippen LogP contribution in [0.2, 0.25) is 0 Å². The van der Waals surface area contributed by atoms with Crippen molar-refractivity contribution < 1.29 is 4.79 Å². The van der Waals surface area contributed by atoms with E-state index in [0.717, 1.165) is 32.4 Å². The highest BCUT2D eigenvalue weighted by atomic mass is 32.2. The van der Waals surface area contributed by atoms with E-state index in [9.17, 15) is 4.79 Å². The first kappa shape index (κ1) is 25.2. The Hall–Kier alpha value is -3.50. The molecule has 0 radical (unpaired) electrons. The van der Waals surface area contributed by atoms with Gasteiger partial charge in [0.25, 0.3) is 0 Å². The number of aromatic nitrogens is 1. The molecule has 1 unspecified atom stereocenters. The first-order valence-electron chi connectivity index (χ1n) is 11.4. The highest BCUT2D eigenvalue weighted by Crippen LogP contribution is 2.38. The van der Waals surface area contributed by atoms with Gasteiger partial charge < -0.3 is 16.0 Å². The van der Waals surface area contributed by atoms with Crippen molar-refractivity contribution in [3.05, 3.63) is 113 Å². The summed E-state index contributed by atoms with van der Waals surface area (Å²) in [6.07, 6.45) is 0. The summed E-state index contributed by atoms with van der Waals surface area (Å²) in [7, 11) is 0. The molecule has 0 saturated heterocycles. The van der Waals surface area contributed by atoms with Gasteiger partial charge in [-0.25, -0.2) is 4.98 Å². The summed E-state index contributed by atoms with van der Waals surface area (Å²) in [5.74, 6) is -0.122. The van der Waals surface area contributed by atoms with E-state index in [1.165, 1.54) is 23.1 Å². The van der Waals surface area contributed by atoms with Crippen LogP contribution in [0.1, 0.15) is 10.8 Å². The van der Waals surface area contributed by atoms with Crippen molar-refractivity contribution in [2.75, 3.05) is 16.0 Å². The van der Waals surface area contributed by atoms with Crippen LogP contribution in [0.5, 0.6) is 0 Å². The highest BCUT2D eigenvalue weighted by Gasteiger charge is 2.23. The predicted octanol–water partition coefficient (Wildman–Crippen LogP) is 8.15. The first-order chi connectivity index (χ1) is 18.1. The smallest absolute Gasteiger partial charge is 0.244 e. The number of thioether (sulfide) groups is 1. The van der Waals surface area contributed by atoms with Gasteiger partial charge in [-0.1, -0.05) is 60.7 Å². The summed E-state index contributed by atoms with van der Waals surface area (Å²) < 4.78 is 0. The van der Waals surface area contributed by atoms with Gasteiger partial charge in [0.1, 0.15) is 5.25 Å². The molecule has 9 heteroatoms. The fourth-order valence-electron chi connectivity index (χ4n) is 3.54. The van der Waals surface area contributed by atoms with Crippen molar-refractivity contribution in [3.8, 4) is 10.6 Å². The molecule has 0 bridgehead atoms. The Morgan fingerprint density at radius 2 is 1.54 bits per heavy atom. The number of benzene rings is 3. The number of thiocarbonyl (C=S) groups is 1. The van der Waals surface area contributed by atoms with Gasteiger partial charge in [-0.15, -0.1) is 34.4 Å². The highest BCUT2D eigenvalue weighted by molar-refractivity contribution is 8.00. The quantitative estimate of drug-likeness (QED) is 0.132. The second kappa shape index (κ2) is 12.2. The van der Waals surface area contributed by atoms with Gasteiger partial charge >= 0.3 is 0 Å². The lowest BCUT2D eigenvalue weighted by Crippen LogP contribution is -2.19. The zero-order valence-corrected chi connectivity index (χ0v) is 22.7. The van der Waals surface area contributed by atoms with Gasteiger partial charge in [0.15, 0.2) is 10.2 Å². The van der Waals surface area contributed by atoms with E-state index in [1.54, 1.807) is 11.3 Å². The Balaban J connectivity index is 1.30. The Kier molecular flexibility index (Phi) is 8.27. The van der Waals surface area contributed by atoms with E-state index in [0.29, 0.717) is 10.2 Å². The molecule has 5 aromatic rings. The summed E-state index contributed by atoms with van der Waals surface area (Å²) in [4.78, 5) is 20.1. The van der Waals surface area contributed by atoms with Crippen molar-refractivity contribution >= 4 is 74.2 Å². The number of hydrogen-bond donors (Lipinski definition) is 3. The minimum atomic E-state index is -0.458. The fraction of sp³-hybridized carbons (Fsp3) is 0.0357. The maximum Gasteiger partial charge on any atom is 0.244 e. The van der Waals surface area contributed by atoms with Crippen LogP contribution in [0, 0.1) is 0 Å². The number of para-hydroxylation sites is 1. The molecule has 0 spiro atoms. The molecule has 0 saturated carbocycles. The van der Waals surface area contributed by atoms with Gasteiger partial charge in [-0.3, -0.25) is 4.79 Å². The lowest BCUT2D eigenvalue weighted by molar-refractivity contribution is -0.115. The van der Waals surface area contributed by atoms with E-state index in [4.69, 9.17) is 12.2 Å². The van der Waals surface area contributed by atoms with E-state index in [-0.39, 0.29) is 5.91 Å². The molecule has 0 fully saturated rings. The number of thiazole rings is 1. The first-order valence-corrected chi connectivity index (χ1v) is 14.4. The summed E-state index contributed by atoms with van der Waals surface area (Å²) in [6, 6.07) is 31.4. The Bertz CT molecular complexity index is 1470. The largest absolute Gasteiger partial charge is 0.332 e. The average Bonchev–Trinajstić information content (AvgIpc) is 3.61. The molecule has 3 aromatic carbocycles. The topological polar surface area (TPSA) is 66.0 Å². The van der Waals surface area contributed by atoms with E-state index < -0.39 is 5.25 Å². The number of carbonyl (C=O) groups is 1. The molecule has 5 rings (SSSR count). The van der Waals surface area contributed by atoms with E-state index in [1.807, 2.05) is 108 Å². The Morgan fingerprint density at radius 1 is 0.811 bits per heavy atom. The molecule has 3 N–H and O–H groups in total. The predicted molar refractivity (Wildman–Crippen MR) is 162 cm³/mol. The van der Waals surface area contributed by atoms with Crippen molar-refractivity contribution in [1.29, 1.82) is 0 Å². The molecule has 37 heavy (non-hydrogen) atoms. The third-order valence-electron chi connectivity index (χ3n) is 5.23. The van der Waals surface area contributed by atoms with Crippen LogP contribution in [0.15, 0.2) is 113 Å². The summed E-state index contributed by atoms with van der Waals surface area (Å²) in [5.41, 5.74) is 3.54. The lowest BCUT2D eigenvalue weighted by Gasteiger charge is -2.17. The minimum Gasteiger partial charge on any atom is -0.332 e. The lowest BCUT2D eigenvalue weighted by atomic mass is 10.1. The van der Waals surface area contributed by atoms with E-state index in [2.05, 4.69) is 20.9 Å². The normalized spacial score (nSPS) is 11.5. The second-order valence-electron chi connectivity index (χ2n) is 7.89. The number of nitrogens with zero attached hydrogens (tertiary/aromatic N) is 1. The molecule has 2 aromatic heterocycles. The number of hydrogen-bond acceptors (Lipinski definition) is 6. The van der Waals surface area contributed by atoms with Gasteiger partial charge in [0.05, 0.1) is 10.6 Å². The van der Waals surface area contributed by atoms with E-state index >= 15 is 0 Å². The number of anilines is 3. The van der Waals surface area contributed by atoms with Gasteiger partial charge in [0.2, 0.25) is 5.91 Å². The molecule has 5 nitrogen and oxygen atoms in total. The maximum absolute atomic E-state index is 13.5. The number of amides is 1. The van der Waals surface area contributed by atoms with Crippen LogP contribution in [0.25, 0.3) is 10.6 Å². The Morgan fingerprint density at radius 3 is 2.30 bits per heavy atom. The van der Waals surface area contributed by atoms with Crippen molar-refractivity contribution in [2.24, 2.45) is 0 Å². The van der Waals surface area contributed by atoms with Gasteiger partial charge in [0, 0.05) is 21.7 Å². The third-order valence-corrected chi connectivity index (χ3v) is 8.33. The van der Waals surface area contributed by atoms with Crippen LogP contribution in [0.3, 0.4) is 0 Å². The molecule has 0 aliphatic carbocycles. The minimum absolute atomic E-state index is 0.122. The molecule has 2 heterocycles. The molecule has 1 atom stereocenters. The molecule has 1 amide bonds. The zero-order chi connectivity index (χ0) is 25.5. The maximum atomic E-state index is 13.5. The molecule has 0 aliphatic rings. The van der Waals surface area contributed by atoms with Crippen molar-refractivity contribution in [3.63, 3.8) is 0 Å². The molecule has 0 aliphatic heterocycles. The summed E-state index contributed by atoms with van der Waals surface area (Å²) in [5, 5.41) is 14.0. The number of carbonyl (C=O) groups excluding carboxylic acids is 1. The fourth-order valence-corrected chi connectivity index (χ4v) is 6.33. The van der Waals surface area contributed by atoms with Crippen LogP contribution in [-0.4, -0.2) is 16.0 Å². The monoisotopic (exact) mass is 558 g/mol. The second-order valence-corrected chi connectivity index (χ2v) is 11.3. The standard InChI is InChI=1S/C28H22N4OS4/c33-26(32-28-31-23(18-36-28)24-15-8-16-35-24)25(19-9-3-1-4-10-19)37-22-14-7-13-21(17-22)30-27(34)29-20-11-5-2-6-12-20/h1-18,25H,(H2,29,30,34)(H,31,32,33). The SMILES string of the molecule is O=C(Nc1nc(-c2cccs2)cs1)C(Sc1cccc(NC(=S)Nc2ccccc2)c1)c1ccccc1.